The van der Waals surface area contributed by atoms with Crippen molar-refractivity contribution in [3.63, 3.8) is 0 Å². The Hall–Kier alpha value is -0.990. The molecule has 0 rings (SSSR count). The Morgan fingerprint density at radius 2 is 1.53 bits per heavy atom. The first-order valence-electron chi connectivity index (χ1n) is 3.67. The molecule has 10 heteroatoms. The molecule has 0 aliphatic carbocycles. The van der Waals surface area contributed by atoms with Gasteiger partial charge in [-0.05, 0) is 0 Å². The summed E-state index contributed by atoms with van der Waals surface area (Å²) >= 11 is 0. The first kappa shape index (κ1) is 14.0. The van der Waals surface area contributed by atoms with E-state index in [2.05, 4.69) is 0 Å². The third-order valence-corrected chi connectivity index (χ3v) is 1.71. The van der Waals surface area contributed by atoms with Crippen LogP contribution in [0.3, 0.4) is 0 Å². The molecule has 0 atom stereocenters. The molecule has 0 heterocycles. The summed E-state index contributed by atoms with van der Waals surface area (Å²) in [5, 5.41) is 17.4. The van der Waals surface area contributed by atoms with Crippen LogP contribution in [0.4, 0.5) is 0 Å². The maximum atomic E-state index is 10.4. The number of hydrogen-bond donors (Lipinski definition) is 5. The van der Waals surface area contributed by atoms with Crippen molar-refractivity contribution < 1.29 is 34.2 Å². The van der Waals surface area contributed by atoms with Gasteiger partial charge in [0, 0.05) is 0 Å². The summed E-state index contributed by atoms with van der Waals surface area (Å²) in [6.45, 7) is -1.35. The van der Waals surface area contributed by atoms with Crippen LogP contribution in [-0.2, 0) is 14.2 Å². The average Bonchev–Trinajstić information content (AvgIpc) is 1.96. The van der Waals surface area contributed by atoms with Crippen LogP contribution < -0.4 is 5.43 Å². The molecule has 0 aromatic heterocycles. The van der Waals surface area contributed by atoms with Gasteiger partial charge in [0.25, 0.3) is 0 Å². The molecule has 0 aliphatic heterocycles. The molecule has 0 fully saturated rings. The third kappa shape index (κ3) is 9.32. The zero-order chi connectivity index (χ0) is 12.1. The number of carboxylic acid groups (broad SMARTS) is 2. The second-order valence-electron chi connectivity index (χ2n) is 2.62. The summed E-state index contributed by atoms with van der Waals surface area (Å²) in [6, 6.07) is 0. The molecule has 0 saturated carbocycles. The Kier molecular flexibility index (Phi) is 5.40. The minimum atomic E-state index is -4.35. The lowest BCUT2D eigenvalue weighted by atomic mass is 10.5. The molecule has 0 bridgehead atoms. The van der Waals surface area contributed by atoms with Crippen LogP contribution in [0.2, 0.25) is 0 Å². The predicted molar refractivity (Wildman–Crippen MR) is 46.9 cm³/mol. The molecule has 0 spiro atoms. The topological polar surface area (TPSA) is 147 Å². The highest BCUT2D eigenvalue weighted by Crippen LogP contribution is 2.31. The molecule has 88 valence electrons. The van der Waals surface area contributed by atoms with Crippen molar-refractivity contribution in [1.82, 2.24) is 10.4 Å². The van der Waals surface area contributed by atoms with E-state index in [-0.39, 0.29) is 0 Å². The van der Waals surface area contributed by atoms with Crippen LogP contribution in [0.15, 0.2) is 0 Å². The van der Waals surface area contributed by atoms with Gasteiger partial charge in [-0.3, -0.25) is 14.2 Å². The van der Waals surface area contributed by atoms with Crippen LogP contribution in [0.1, 0.15) is 0 Å². The van der Waals surface area contributed by atoms with Crippen LogP contribution in [0.25, 0.3) is 0 Å². The molecule has 15 heavy (non-hydrogen) atoms. The SMILES string of the molecule is O=C(O)CN(CC(=O)O)NCP(=O)(O)O. The molecule has 5 N–H and O–H groups in total. The van der Waals surface area contributed by atoms with Crippen LogP contribution in [-0.4, -0.2) is 56.3 Å². The van der Waals surface area contributed by atoms with Crippen molar-refractivity contribution in [2.75, 3.05) is 19.4 Å². The summed E-state index contributed by atoms with van der Waals surface area (Å²) in [5.74, 6) is -2.62. The van der Waals surface area contributed by atoms with Gasteiger partial charge in [-0.15, -0.1) is 0 Å². The summed E-state index contributed by atoms with van der Waals surface area (Å²) in [6.07, 6.45) is -0.812. The average molecular weight is 242 g/mol. The zero-order valence-electron chi connectivity index (χ0n) is 7.53. The van der Waals surface area contributed by atoms with Gasteiger partial charge in [-0.25, -0.2) is 10.4 Å². The third-order valence-electron chi connectivity index (χ3n) is 1.15. The van der Waals surface area contributed by atoms with Crippen LogP contribution in [0.5, 0.6) is 0 Å². The van der Waals surface area contributed by atoms with E-state index in [1.54, 1.807) is 0 Å². The fourth-order valence-electron chi connectivity index (χ4n) is 0.686. The molecule has 0 radical (unpaired) electrons. The van der Waals surface area contributed by atoms with E-state index < -0.39 is 38.9 Å². The fraction of sp³-hybridized carbons (Fsp3) is 0.600. The van der Waals surface area contributed by atoms with Gasteiger partial charge in [-0.1, -0.05) is 0 Å². The van der Waals surface area contributed by atoms with Crippen molar-refractivity contribution in [3.8, 4) is 0 Å². The van der Waals surface area contributed by atoms with E-state index in [0.717, 1.165) is 0 Å². The fourth-order valence-corrected chi connectivity index (χ4v) is 1.07. The lowest BCUT2D eigenvalue weighted by Gasteiger charge is -2.19. The van der Waals surface area contributed by atoms with Crippen molar-refractivity contribution in [1.29, 1.82) is 0 Å². The smallest absolute Gasteiger partial charge is 0.340 e. The second-order valence-corrected chi connectivity index (χ2v) is 4.27. The number of aliphatic carboxylic acids is 2. The number of hydrazine groups is 1. The monoisotopic (exact) mass is 242 g/mol. The first-order valence-corrected chi connectivity index (χ1v) is 5.47. The summed E-state index contributed by atoms with van der Waals surface area (Å²) in [5.41, 5.74) is 2.03. The van der Waals surface area contributed by atoms with Gasteiger partial charge in [0.15, 0.2) is 0 Å². The van der Waals surface area contributed by atoms with Gasteiger partial charge in [0.05, 0.1) is 0 Å². The number of nitrogens with zero attached hydrogens (tertiary/aromatic N) is 1. The van der Waals surface area contributed by atoms with E-state index in [9.17, 15) is 14.2 Å². The largest absolute Gasteiger partial charge is 0.480 e. The molecule has 9 nitrogen and oxygen atoms in total. The molecule has 0 amide bonds. The van der Waals surface area contributed by atoms with Crippen molar-refractivity contribution in [2.24, 2.45) is 0 Å². The van der Waals surface area contributed by atoms with Gasteiger partial charge < -0.3 is 20.0 Å². The van der Waals surface area contributed by atoms with Crippen molar-refractivity contribution in [2.45, 2.75) is 0 Å². The molecular formula is C5H11N2O7P. The maximum Gasteiger partial charge on any atom is 0.340 e. The van der Waals surface area contributed by atoms with Gasteiger partial charge in [-0.2, -0.15) is 0 Å². The van der Waals surface area contributed by atoms with E-state index >= 15 is 0 Å². The first-order chi connectivity index (χ1) is 6.70. The standard InChI is InChI=1S/C5H11N2O7P/c8-4(9)1-7(2-5(10)11)6-3-15(12,13)14/h6H,1-3H2,(H,8,9)(H,10,11)(H2,12,13,14). The number of carbonyl (C=O) groups is 2. The Bertz CT molecular complexity index is 271. The summed E-state index contributed by atoms with van der Waals surface area (Å²) < 4.78 is 10.4. The van der Waals surface area contributed by atoms with Gasteiger partial charge >= 0.3 is 19.5 Å². The lowest BCUT2D eigenvalue weighted by molar-refractivity contribution is -0.143. The maximum absolute atomic E-state index is 10.4. The predicted octanol–water partition coefficient (Wildman–Crippen LogP) is -1.90. The zero-order valence-corrected chi connectivity index (χ0v) is 8.42. The van der Waals surface area contributed by atoms with E-state index in [0.29, 0.717) is 5.01 Å². The highest BCUT2D eigenvalue weighted by atomic mass is 31.2. The Balaban J connectivity index is 4.18. The van der Waals surface area contributed by atoms with Crippen LogP contribution >= 0.6 is 7.60 Å². The molecule has 0 unspecified atom stereocenters. The van der Waals surface area contributed by atoms with Gasteiger partial charge in [0.2, 0.25) is 0 Å². The minimum Gasteiger partial charge on any atom is -0.480 e. The lowest BCUT2D eigenvalue weighted by Crippen LogP contribution is -2.44. The molecule has 0 aromatic rings. The number of carboxylic acids is 2. The number of nitrogens with one attached hydrogen (secondary N) is 1. The molecule has 0 aliphatic rings. The Labute approximate surface area is 84.4 Å². The summed E-state index contributed by atoms with van der Waals surface area (Å²) in [7, 11) is -4.35. The highest BCUT2D eigenvalue weighted by Gasteiger charge is 2.18. The van der Waals surface area contributed by atoms with E-state index in [1.807, 2.05) is 5.43 Å². The van der Waals surface area contributed by atoms with E-state index in [4.69, 9.17) is 20.0 Å². The molecular weight excluding hydrogens is 231 g/mol. The Morgan fingerprint density at radius 3 is 1.80 bits per heavy atom. The highest BCUT2D eigenvalue weighted by molar-refractivity contribution is 7.51. The normalized spacial score (nSPS) is 11.7. The van der Waals surface area contributed by atoms with Crippen LogP contribution in [0, 0.1) is 0 Å². The molecule has 0 aromatic carbocycles. The molecule has 0 saturated heterocycles. The quantitative estimate of drug-likeness (QED) is 0.255. The van der Waals surface area contributed by atoms with E-state index in [1.165, 1.54) is 0 Å². The summed E-state index contributed by atoms with van der Waals surface area (Å²) in [4.78, 5) is 37.4. The number of rotatable bonds is 7. The van der Waals surface area contributed by atoms with Crippen molar-refractivity contribution >= 4 is 19.5 Å². The number of hydrogen-bond acceptors (Lipinski definition) is 5. The minimum absolute atomic E-state index is 0.674. The van der Waals surface area contributed by atoms with Gasteiger partial charge in [0.1, 0.15) is 19.4 Å². The Morgan fingerprint density at radius 1 is 1.13 bits per heavy atom. The second kappa shape index (κ2) is 5.79. The van der Waals surface area contributed by atoms with Crippen molar-refractivity contribution in [3.05, 3.63) is 0 Å².